The second-order valence-electron chi connectivity index (χ2n) is 5.03. The van der Waals surface area contributed by atoms with E-state index in [9.17, 15) is 0 Å². The first-order chi connectivity index (χ1) is 8.92. The standard InChI is InChI=1S/C16H15NO/c1-3-7-13-11(5-1)9-15-16(13)17-10-12-6-2-4-8-14(12)18-15/h1-8,15-17H,9-10H2/t15-,16+/m0/s1. The Balaban J connectivity index is 1.74. The predicted molar refractivity (Wildman–Crippen MR) is 70.6 cm³/mol. The van der Waals surface area contributed by atoms with Crippen molar-refractivity contribution in [2.24, 2.45) is 0 Å². The maximum atomic E-state index is 6.20. The van der Waals surface area contributed by atoms with E-state index in [4.69, 9.17) is 4.74 Å². The summed E-state index contributed by atoms with van der Waals surface area (Å²) in [7, 11) is 0. The highest BCUT2D eigenvalue weighted by Gasteiger charge is 2.35. The molecule has 0 bridgehead atoms. The van der Waals surface area contributed by atoms with E-state index in [1.54, 1.807) is 0 Å². The molecule has 0 fully saturated rings. The highest BCUT2D eigenvalue weighted by molar-refractivity contribution is 5.40. The van der Waals surface area contributed by atoms with Crippen LogP contribution in [0.2, 0.25) is 0 Å². The first kappa shape index (κ1) is 10.2. The zero-order valence-electron chi connectivity index (χ0n) is 10.1. The van der Waals surface area contributed by atoms with Gasteiger partial charge in [-0.3, -0.25) is 0 Å². The number of ether oxygens (including phenoxy) is 1. The van der Waals surface area contributed by atoms with Gasteiger partial charge in [-0.2, -0.15) is 0 Å². The highest BCUT2D eigenvalue weighted by atomic mass is 16.5. The number of hydrogen-bond donors (Lipinski definition) is 1. The van der Waals surface area contributed by atoms with Gasteiger partial charge in [-0.15, -0.1) is 0 Å². The van der Waals surface area contributed by atoms with Crippen molar-refractivity contribution in [2.75, 3.05) is 0 Å². The van der Waals surface area contributed by atoms with Gasteiger partial charge in [-0.05, 0) is 17.2 Å². The van der Waals surface area contributed by atoms with Crippen molar-refractivity contribution in [3.8, 4) is 5.75 Å². The molecular weight excluding hydrogens is 222 g/mol. The Morgan fingerprint density at radius 2 is 1.72 bits per heavy atom. The van der Waals surface area contributed by atoms with Crippen molar-refractivity contribution in [3.63, 3.8) is 0 Å². The van der Waals surface area contributed by atoms with Crippen LogP contribution in [0.3, 0.4) is 0 Å². The summed E-state index contributed by atoms with van der Waals surface area (Å²) in [6.07, 6.45) is 1.23. The molecule has 90 valence electrons. The minimum atomic E-state index is 0.228. The van der Waals surface area contributed by atoms with Gasteiger partial charge in [0.15, 0.2) is 0 Å². The second-order valence-corrected chi connectivity index (χ2v) is 5.03. The lowest BCUT2D eigenvalue weighted by Crippen LogP contribution is -2.29. The smallest absolute Gasteiger partial charge is 0.124 e. The molecule has 18 heavy (non-hydrogen) atoms. The Kier molecular flexibility index (Phi) is 2.17. The topological polar surface area (TPSA) is 21.3 Å². The summed E-state index contributed by atoms with van der Waals surface area (Å²) in [6.45, 7) is 0.881. The van der Waals surface area contributed by atoms with E-state index in [1.807, 2.05) is 6.07 Å². The average molecular weight is 237 g/mol. The highest BCUT2D eigenvalue weighted by Crippen LogP contribution is 2.37. The molecule has 2 aromatic carbocycles. The van der Waals surface area contributed by atoms with Crippen LogP contribution in [-0.2, 0) is 13.0 Å². The molecule has 2 aromatic rings. The monoisotopic (exact) mass is 237 g/mol. The summed E-state index contributed by atoms with van der Waals surface area (Å²) in [4.78, 5) is 0. The van der Waals surface area contributed by atoms with E-state index in [0.29, 0.717) is 6.04 Å². The lowest BCUT2D eigenvalue weighted by atomic mass is 10.1. The molecule has 0 unspecified atom stereocenters. The molecule has 0 radical (unpaired) electrons. The molecule has 1 aliphatic carbocycles. The SMILES string of the molecule is c1ccc2c(c1)CN[C@@H]1c3ccccc3C[C@@H]1O2. The van der Waals surface area contributed by atoms with Crippen molar-refractivity contribution >= 4 is 0 Å². The summed E-state index contributed by atoms with van der Waals surface area (Å²) in [5.74, 6) is 1.03. The second kappa shape index (κ2) is 3.85. The van der Waals surface area contributed by atoms with Gasteiger partial charge >= 0.3 is 0 Å². The summed E-state index contributed by atoms with van der Waals surface area (Å²) in [5, 5.41) is 3.63. The van der Waals surface area contributed by atoms with Crippen LogP contribution < -0.4 is 10.1 Å². The average Bonchev–Trinajstić information content (AvgIpc) is 2.65. The Morgan fingerprint density at radius 1 is 0.944 bits per heavy atom. The van der Waals surface area contributed by atoms with Crippen molar-refractivity contribution in [2.45, 2.75) is 25.1 Å². The van der Waals surface area contributed by atoms with Crippen molar-refractivity contribution < 1.29 is 4.74 Å². The molecule has 0 amide bonds. The van der Waals surface area contributed by atoms with Crippen LogP contribution in [-0.4, -0.2) is 6.10 Å². The molecule has 4 rings (SSSR count). The fourth-order valence-corrected chi connectivity index (χ4v) is 3.06. The molecule has 0 saturated heterocycles. The summed E-state index contributed by atoms with van der Waals surface area (Å²) in [5.41, 5.74) is 4.07. The van der Waals surface area contributed by atoms with E-state index in [1.165, 1.54) is 16.7 Å². The van der Waals surface area contributed by atoms with Crippen LogP contribution in [0.15, 0.2) is 48.5 Å². The number of hydrogen-bond acceptors (Lipinski definition) is 2. The molecule has 0 aromatic heterocycles. The lowest BCUT2D eigenvalue weighted by molar-refractivity contribution is 0.177. The fraction of sp³-hybridized carbons (Fsp3) is 0.250. The predicted octanol–water partition coefficient (Wildman–Crippen LogP) is 2.83. The van der Waals surface area contributed by atoms with E-state index in [0.717, 1.165) is 18.7 Å². The lowest BCUT2D eigenvalue weighted by Gasteiger charge is -2.19. The Hall–Kier alpha value is -1.80. The molecule has 1 aliphatic heterocycles. The summed E-state index contributed by atoms with van der Waals surface area (Å²) >= 11 is 0. The minimum absolute atomic E-state index is 0.228. The van der Waals surface area contributed by atoms with Gasteiger partial charge in [0.2, 0.25) is 0 Å². The van der Waals surface area contributed by atoms with E-state index in [-0.39, 0.29) is 6.10 Å². The summed E-state index contributed by atoms with van der Waals surface area (Å²) < 4.78 is 6.20. The van der Waals surface area contributed by atoms with Crippen LogP contribution in [0.5, 0.6) is 5.75 Å². The zero-order chi connectivity index (χ0) is 11.9. The van der Waals surface area contributed by atoms with Crippen LogP contribution in [0.1, 0.15) is 22.7 Å². The van der Waals surface area contributed by atoms with Crippen LogP contribution in [0.4, 0.5) is 0 Å². The molecule has 1 heterocycles. The number of nitrogens with one attached hydrogen (secondary N) is 1. The third-order valence-corrected chi connectivity index (χ3v) is 3.95. The Morgan fingerprint density at radius 3 is 2.67 bits per heavy atom. The third-order valence-electron chi connectivity index (χ3n) is 3.95. The third kappa shape index (κ3) is 1.46. The Bertz CT molecular complexity index is 587. The van der Waals surface area contributed by atoms with Gasteiger partial charge in [0, 0.05) is 18.5 Å². The minimum Gasteiger partial charge on any atom is -0.488 e. The van der Waals surface area contributed by atoms with Crippen LogP contribution in [0, 0.1) is 0 Å². The summed E-state index contributed by atoms with van der Waals surface area (Å²) in [6, 6.07) is 17.3. The van der Waals surface area contributed by atoms with Crippen LogP contribution >= 0.6 is 0 Å². The van der Waals surface area contributed by atoms with Gasteiger partial charge in [-0.25, -0.2) is 0 Å². The number of benzene rings is 2. The normalized spacial score (nSPS) is 24.4. The zero-order valence-corrected chi connectivity index (χ0v) is 10.1. The maximum Gasteiger partial charge on any atom is 0.124 e. The fourth-order valence-electron chi connectivity index (χ4n) is 3.06. The van der Waals surface area contributed by atoms with E-state index >= 15 is 0 Å². The number of para-hydroxylation sites is 1. The van der Waals surface area contributed by atoms with Crippen LogP contribution in [0.25, 0.3) is 0 Å². The molecule has 0 spiro atoms. The number of rotatable bonds is 0. The molecular formula is C16H15NO. The van der Waals surface area contributed by atoms with Gasteiger partial charge in [-0.1, -0.05) is 42.5 Å². The molecule has 1 N–H and O–H groups in total. The Labute approximate surface area is 107 Å². The molecule has 2 heteroatoms. The van der Waals surface area contributed by atoms with E-state index < -0.39 is 0 Å². The quantitative estimate of drug-likeness (QED) is 0.760. The van der Waals surface area contributed by atoms with Crippen molar-refractivity contribution in [3.05, 3.63) is 65.2 Å². The van der Waals surface area contributed by atoms with Crippen molar-refractivity contribution in [1.29, 1.82) is 0 Å². The van der Waals surface area contributed by atoms with E-state index in [2.05, 4.69) is 47.8 Å². The molecule has 0 saturated carbocycles. The molecule has 2 aliphatic rings. The number of fused-ring (bicyclic) bond motifs is 4. The largest absolute Gasteiger partial charge is 0.488 e. The maximum absolute atomic E-state index is 6.20. The van der Waals surface area contributed by atoms with Crippen molar-refractivity contribution in [1.82, 2.24) is 5.32 Å². The first-order valence-corrected chi connectivity index (χ1v) is 6.47. The molecule has 2 nitrogen and oxygen atoms in total. The first-order valence-electron chi connectivity index (χ1n) is 6.47. The van der Waals surface area contributed by atoms with Gasteiger partial charge in [0.1, 0.15) is 11.9 Å². The van der Waals surface area contributed by atoms with Gasteiger partial charge in [0.05, 0.1) is 6.04 Å². The van der Waals surface area contributed by atoms with Gasteiger partial charge in [0.25, 0.3) is 0 Å². The van der Waals surface area contributed by atoms with Gasteiger partial charge < -0.3 is 10.1 Å². The molecule has 2 atom stereocenters.